The molecule has 142 valence electrons. The van der Waals surface area contributed by atoms with Gasteiger partial charge < -0.3 is 20.3 Å². The van der Waals surface area contributed by atoms with E-state index >= 15 is 0 Å². The largest absolute Gasteiger partial charge is 0.477 e. The van der Waals surface area contributed by atoms with Crippen LogP contribution in [0.15, 0.2) is 28.7 Å². The minimum absolute atomic E-state index is 0.0174. The van der Waals surface area contributed by atoms with Crippen molar-refractivity contribution < 1.29 is 14.3 Å². The second-order valence-electron chi connectivity index (χ2n) is 7.07. The molecular formula is C19H21FN4O3. The number of pyridine rings is 2. The van der Waals surface area contributed by atoms with Gasteiger partial charge in [-0.3, -0.25) is 4.79 Å². The van der Waals surface area contributed by atoms with E-state index in [1.54, 1.807) is 4.57 Å². The Morgan fingerprint density at radius 1 is 1.37 bits per heavy atom. The summed E-state index contributed by atoms with van der Waals surface area (Å²) in [5.41, 5.74) is 6.12. The number of carbonyl (C=O) groups is 1. The fourth-order valence-corrected chi connectivity index (χ4v) is 3.62. The molecule has 7 nitrogen and oxygen atoms in total. The topological polar surface area (TPSA) is 101 Å². The normalized spacial score (nSPS) is 17.4. The Morgan fingerprint density at radius 3 is 2.67 bits per heavy atom. The van der Waals surface area contributed by atoms with Crippen LogP contribution in [0.3, 0.4) is 0 Å². The van der Waals surface area contributed by atoms with Crippen LogP contribution in [-0.4, -0.2) is 40.3 Å². The minimum atomic E-state index is -1.31. The minimum Gasteiger partial charge on any atom is -0.477 e. The Morgan fingerprint density at radius 2 is 2.07 bits per heavy atom. The predicted molar refractivity (Wildman–Crippen MR) is 99.8 cm³/mol. The summed E-state index contributed by atoms with van der Waals surface area (Å²) in [6.45, 7) is 1.75. The molecule has 2 aromatic heterocycles. The summed E-state index contributed by atoms with van der Waals surface area (Å²) in [6, 6.07) is 1.24. The van der Waals surface area contributed by atoms with Crippen molar-refractivity contribution in [3.63, 3.8) is 0 Å². The smallest absolute Gasteiger partial charge is 0.341 e. The van der Waals surface area contributed by atoms with Crippen LogP contribution in [0.4, 0.5) is 10.2 Å². The van der Waals surface area contributed by atoms with Crippen LogP contribution in [0, 0.1) is 5.82 Å². The SMILES string of the molecule is NCC=C1CCN(c2nc3c(cc2F)c(=O)c(C(=O)O)cn3C2CC2)CC1. The van der Waals surface area contributed by atoms with Crippen LogP contribution in [0.1, 0.15) is 42.1 Å². The number of aromatic carboxylic acids is 1. The van der Waals surface area contributed by atoms with Gasteiger partial charge in [-0.25, -0.2) is 14.2 Å². The van der Waals surface area contributed by atoms with Gasteiger partial charge in [-0.1, -0.05) is 11.6 Å². The molecule has 2 fully saturated rings. The molecule has 2 aliphatic rings. The van der Waals surface area contributed by atoms with Crippen molar-refractivity contribution in [1.29, 1.82) is 0 Å². The monoisotopic (exact) mass is 372 g/mol. The van der Waals surface area contributed by atoms with Crippen LogP contribution in [0.25, 0.3) is 11.0 Å². The van der Waals surface area contributed by atoms with Crippen molar-refractivity contribution in [2.45, 2.75) is 31.7 Å². The molecule has 4 rings (SSSR count). The van der Waals surface area contributed by atoms with Gasteiger partial charge in [0.05, 0.1) is 5.39 Å². The summed E-state index contributed by atoms with van der Waals surface area (Å²) in [5, 5.41) is 9.32. The van der Waals surface area contributed by atoms with Gasteiger partial charge >= 0.3 is 5.97 Å². The first-order valence-electron chi connectivity index (χ1n) is 9.11. The molecule has 1 saturated heterocycles. The molecule has 0 aromatic carbocycles. The van der Waals surface area contributed by atoms with Gasteiger partial charge in [0.2, 0.25) is 5.43 Å². The van der Waals surface area contributed by atoms with E-state index in [2.05, 4.69) is 4.98 Å². The average Bonchev–Trinajstić information content (AvgIpc) is 3.48. The highest BCUT2D eigenvalue weighted by Gasteiger charge is 2.29. The number of carboxylic acid groups (broad SMARTS) is 1. The number of fused-ring (bicyclic) bond motifs is 1. The third-order valence-corrected chi connectivity index (χ3v) is 5.22. The fraction of sp³-hybridized carbons (Fsp3) is 0.421. The molecule has 0 radical (unpaired) electrons. The molecule has 0 amide bonds. The van der Waals surface area contributed by atoms with Crippen molar-refractivity contribution in [2.24, 2.45) is 5.73 Å². The standard InChI is InChI=1S/C19H21FN4O3/c20-15-9-13-16(25)14(19(26)27)10-24(12-1-2-12)17(13)22-18(15)23-7-4-11(3-6-21)5-8-23/h3,9-10,12H,1-2,4-8,21H2,(H,26,27). The third-order valence-electron chi connectivity index (χ3n) is 5.22. The molecule has 2 aromatic rings. The highest BCUT2D eigenvalue weighted by atomic mass is 19.1. The molecule has 0 bridgehead atoms. The Balaban J connectivity index is 1.80. The fourth-order valence-electron chi connectivity index (χ4n) is 3.62. The second-order valence-corrected chi connectivity index (χ2v) is 7.07. The zero-order valence-corrected chi connectivity index (χ0v) is 14.8. The van der Waals surface area contributed by atoms with E-state index in [0.29, 0.717) is 25.3 Å². The number of hydrogen-bond acceptors (Lipinski definition) is 5. The number of piperidine rings is 1. The number of nitrogens with two attached hydrogens (primary N) is 1. The maximum atomic E-state index is 14.8. The number of carboxylic acids is 1. The number of halogens is 1. The number of anilines is 1. The van der Waals surface area contributed by atoms with Gasteiger partial charge in [-0.05, 0) is 31.7 Å². The molecule has 0 atom stereocenters. The summed E-state index contributed by atoms with van der Waals surface area (Å²) in [5.74, 6) is -1.70. The summed E-state index contributed by atoms with van der Waals surface area (Å²) in [7, 11) is 0. The predicted octanol–water partition coefficient (Wildman–Crippen LogP) is 2.05. The van der Waals surface area contributed by atoms with Crippen molar-refractivity contribution >= 4 is 22.8 Å². The van der Waals surface area contributed by atoms with Crippen molar-refractivity contribution in [1.82, 2.24) is 9.55 Å². The number of aromatic nitrogens is 2. The molecule has 3 N–H and O–H groups in total. The average molecular weight is 372 g/mol. The summed E-state index contributed by atoms with van der Waals surface area (Å²) < 4.78 is 16.5. The first kappa shape index (κ1) is 17.7. The highest BCUT2D eigenvalue weighted by Crippen LogP contribution is 2.37. The lowest BCUT2D eigenvalue weighted by molar-refractivity contribution is 0.0695. The summed E-state index contributed by atoms with van der Waals surface area (Å²) in [4.78, 5) is 30.2. The molecule has 27 heavy (non-hydrogen) atoms. The van der Waals surface area contributed by atoms with E-state index < -0.39 is 17.2 Å². The Bertz CT molecular complexity index is 1000. The van der Waals surface area contributed by atoms with Gasteiger partial charge in [0.15, 0.2) is 11.6 Å². The molecule has 0 spiro atoms. The van der Waals surface area contributed by atoms with Crippen molar-refractivity contribution in [2.75, 3.05) is 24.5 Å². The van der Waals surface area contributed by atoms with Crippen LogP contribution >= 0.6 is 0 Å². The lowest BCUT2D eigenvalue weighted by Gasteiger charge is -2.30. The van der Waals surface area contributed by atoms with Gasteiger partial charge in [0, 0.05) is 31.9 Å². The molecule has 1 saturated carbocycles. The van der Waals surface area contributed by atoms with Crippen molar-refractivity contribution in [3.05, 3.63) is 45.5 Å². The van der Waals surface area contributed by atoms with Crippen LogP contribution in [-0.2, 0) is 0 Å². The van der Waals surface area contributed by atoms with Gasteiger partial charge in [0.25, 0.3) is 0 Å². The van der Waals surface area contributed by atoms with E-state index in [9.17, 15) is 19.1 Å². The first-order chi connectivity index (χ1) is 13.0. The first-order valence-corrected chi connectivity index (χ1v) is 9.11. The van der Waals surface area contributed by atoms with E-state index in [1.807, 2.05) is 11.0 Å². The Labute approximate surface area is 154 Å². The zero-order chi connectivity index (χ0) is 19.1. The molecule has 3 heterocycles. The van der Waals surface area contributed by atoms with E-state index in [1.165, 1.54) is 11.8 Å². The quantitative estimate of drug-likeness (QED) is 0.797. The van der Waals surface area contributed by atoms with E-state index in [0.717, 1.165) is 31.7 Å². The number of nitrogens with zero attached hydrogens (tertiary/aromatic N) is 3. The van der Waals surface area contributed by atoms with Gasteiger partial charge in [-0.15, -0.1) is 0 Å². The lowest BCUT2D eigenvalue weighted by Crippen LogP contribution is -2.32. The molecular weight excluding hydrogens is 351 g/mol. The van der Waals surface area contributed by atoms with Crippen LogP contribution < -0.4 is 16.1 Å². The van der Waals surface area contributed by atoms with Gasteiger partial charge in [-0.2, -0.15) is 0 Å². The van der Waals surface area contributed by atoms with Gasteiger partial charge in [0.1, 0.15) is 11.2 Å². The van der Waals surface area contributed by atoms with Crippen LogP contribution in [0.2, 0.25) is 0 Å². The van der Waals surface area contributed by atoms with E-state index in [4.69, 9.17) is 5.73 Å². The van der Waals surface area contributed by atoms with E-state index in [-0.39, 0.29) is 22.8 Å². The Kier molecular flexibility index (Phi) is 4.43. The third kappa shape index (κ3) is 3.21. The van der Waals surface area contributed by atoms with Crippen molar-refractivity contribution in [3.8, 4) is 0 Å². The second kappa shape index (κ2) is 6.77. The number of rotatable bonds is 4. The zero-order valence-electron chi connectivity index (χ0n) is 14.8. The lowest BCUT2D eigenvalue weighted by atomic mass is 10.0. The summed E-state index contributed by atoms with van der Waals surface area (Å²) >= 11 is 0. The molecule has 8 heteroatoms. The maximum Gasteiger partial charge on any atom is 0.341 e. The molecule has 1 aliphatic heterocycles. The maximum absolute atomic E-state index is 14.8. The molecule has 1 aliphatic carbocycles. The number of hydrogen-bond donors (Lipinski definition) is 2. The molecule has 0 unspecified atom stereocenters. The Hall–Kier alpha value is -2.74. The summed E-state index contributed by atoms with van der Waals surface area (Å²) in [6.07, 6.45) is 6.72. The highest BCUT2D eigenvalue weighted by molar-refractivity contribution is 5.92. The van der Waals surface area contributed by atoms with Crippen LogP contribution in [0.5, 0.6) is 0 Å².